The number of aliphatic carboxylic acids is 1. The molecule has 2 aromatic carbocycles. The predicted molar refractivity (Wildman–Crippen MR) is 126 cm³/mol. The number of anilines is 1. The molecule has 31 heavy (non-hydrogen) atoms. The molecular weight excluding hydrogens is 390 g/mol. The van der Waals surface area contributed by atoms with Crippen LogP contribution < -0.4 is 9.64 Å². The highest BCUT2D eigenvalue weighted by atomic mass is 16.5. The van der Waals surface area contributed by atoms with Crippen LogP contribution in [0.5, 0.6) is 5.75 Å². The van der Waals surface area contributed by atoms with Crippen LogP contribution in [0.3, 0.4) is 0 Å². The Kier molecular flexibility index (Phi) is 8.13. The van der Waals surface area contributed by atoms with E-state index in [9.17, 15) is 9.90 Å². The number of carboxylic acids is 1. The van der Waals surface area contributed by atoms with E-state index in [0.29, 0.717) is 18.8 Å². The zero-order valence-electron chi connectivity index (χ0n) is 18.8. The second-order valence-electron chi connectivity index (χ2n) is 8.07. The summed E-state index contributed by atoms with van der Waals surface area (Å²) in [4.78, 5) is 13.6. The van der Waals surface area contributed by atoms with Crippen LogP contribution in [-0.2, 0) is 16.0 Å². The minimum atomic E-state index is -0.891. The van der Waals surface area contributed by atoms with Crippen molar-refractivity contribution in [1.82, 2.24) is 0 Å². The zero-order valence-corrected chi connectivity index (χ0v) is 18.8. The zero-order chi connectivity index (χ0) is 22.2. The van der Waals surface area contributed by atoms with E-state index in [4.69, 9.17) is 9.47 Å². The van der Waals surface area contributed by atoms with E-state index in [1.165, 1.54) is 5.56 Å². The average Bonchev–Trinajstić information content (AvgIpc) is 2.76. The summed E-state index contributed by atoms with van der Waals surface area (Å²) in [7, 11) is 2.07. The Labute approximate surface area is 185 Å². The van der Waals surface area contributed by atoms with Crippen molar-refractivity contribution in [2.24, 2.45) is 0 Å². The van der Waals surface area contributed by atoms with Gasteiger partial charge in [0.15, 0.2) is 0 Å². The van der Waals surface area contributed by atoms with Crippen LogP contribution in [-0.4, -0.2) is 44.5 Å². The third kappa shape index (κ3) is 6.11. The van der Waals surface area contributed by atoms with E-state index in [-0.39, 0.29) is 0 Å². The molecule has 166 valence electrons. The summed E-state index contributed by atoms with van der Waals surface area (Å²) in [5, 5.41) is 9.36. The Hall–Kier alpha value is -2.79. The van der Waals surface area contributed by atoms with Gasteiger partial charge in [0.05, 0.1) is 6.61 Å². The lowest BCUT2D eigenvalue weighted by molar-refractivity contribution is -0.132. The molecule has 0 saturated carbocycles. The minimum absolute atomic E-state index is 0.336. The molecule has 0 bridgehead atoms. The maximum Gasteiger partial charge on any atom is 0.331 e. The largest absolute Gasteiger partial charge is 0.491 e. The van der Waals surface area contributed by atoms with Gasteiger partial charge >= 0.3 is 5.97 Å². The Bertz CT molecular complexity index is 918. The normalized spacial score (nSPS) is 13.8. The molecule has 0 saturated heterocycles. The van der Waals surface area contributed by atoms with Crippen molar-refractivity contribution in [1.29, 1.82) is 0 Å². The summed E-state index contributed by atoms with van der Waals surface area (Å²) in [6.45, 7) is 6.69. The molecule has 1 aliphatic rings. The Morgan fingerprint density at radius 2 is 1.90 bits per heavy atom. The highest BCUT2D eigenvalue weighted by molar-refractivity contribution is 5.93. The summed E-state index contributed by atoms with van der Waals surface area (Å²) in [6, 6.07) is 12.4. The van der Waals surface area contributed by atoms with Gasteiger partial charge in [0, 0.05) is 31.5 Å². The third-order valence-corrected chi connectivity index (χ3v) is 5.58. The summed E-state index contributed by atoms with van der Waals surface area (Å²) >= 11 is 0. The highest BCUT2D eigenvalue weighted by Gasteiger charge is 2.19. The number of carbonyl (C=O) groups is 1. The molecule has 0 spiro atoms. The van der Waals surface area contributed by atoms with Gasteiger partial charge in [-0.25, -0.2) is 4.79 Å². The first-order valence-corrected chi connectivity index (χ1v) is 11.1. The van der Waals surface area contributed by atoms with Crippen molar-refractivity contribution in [3.63, 3.8) is 0 Å². The molecule has 0 radical (unpaired) electrons. The quantitative estimate of drug-likeness (QED) is 0.408. The molecule has 2 aromatic rings. The number of rotatable bonds is 10. The summed E-state index contributed by atoms with van der Waals surface area (Å²) in [5.41, 5.74) is 5.87. The molecule has 0 unspecified atom stereocenters. The first-order valence-electron chi connectivity index (χ1n) is 11.1. The number of ether oxygens (including phenoxy) is 2. The highest BCUT2D eigenvalue weighted by Crippen LogP contribution is 2.36. The van der Waals surface area contributed by atoms with Crippen LogP contribution in [0.2, 0.25) is 0 Å². The fourth-order valence-corrected chi connectivity index (χ4v) is 3.88. The second-order valence-corrected chi connectivity index (χ2v) is 8.07. The van der Waals surface area contributed by atoms with Gasteiger partial charge in [0.25, 0.3) is 0 Å². The molecule has 1 aliphatic heterocycles. The molecule has 1 heterocycles. The monoisotopic (exact) mass is 423 g/mol. The molecule has 1 N–H and O–H groups in total. The molecule has 0 aliphatic carbocycles. The van der Waals surface area contributed by atoms with E-state index in [2.05, 4.69) is 43.1 Å². The van der Waals surface area contributed by atoms with Crippen molar-refractivity contribution < 1.29 is 19.4 Å². The third-order valence-electron chi connectivity index (χ3n) is 5.58. The van der Waals surface area contributed by atoms with Crippen LogP contribution >= 0.6 is 0 Å². The number of hydrogen-bond acceptors (Lipinski definition) is 4. The van der Waals surface area contributed by atoms with Gasteiger partial charge in [0.1, 0.15) is 12.4 Å². The average molecular weight is 424 g/mol. The van der Waals surface area contributed by atoms with E-state index in [1.54, 1.807) is 13.0 Å². The first kappa shape index (κ1) is 22.9. The number of nitrogens with zero attached hydrogens (tertiary/aromatic N) is 1. The molecular formula is C26H33NO4. The molecule has 3 rings (SSSR count). The van der Waals surface area contributed by atoms with Crippen LogP contribution in [0.15, 0.2) is 42.0 Å². The fraction of sp³-hybridized carbons (Fsp3) is 0.423. The Balaban J connectivity index is 1.79. The molecule has 0 fully saturated rings. The second kappa shape index (κ2) is 11.0. The number of unbranched alkanes of at least 4 members (excludes halogenated alkanes) is 1. The molecule has 5 heteroatoms. The topological polar surface area (TPSA) is 59.0 Å². The van der Waals surface area contributed by atoms with E-state index < -0.39 is 5.97 Å². The van der Waals surface area contributed by atoms with Crippen molar-refractivity contribution in [2.75, 3.05) is 38.3 Å². The van der Waals surface area contributed by atoms with Crippen LogP contribution in [0.4, 0.5) is 5.69 Å². The minimum Gasteiger partial charge on any atom is -0.491 e. The number of fused-ring (bicyclic) bond motifs is 1. The standard InChI is InChI=1S/C26H33NO4/c1-4-5-13-30-14-15-31-24-10-8-20(9-11-24)22-17-21-7-6-12-27(3)25(21)23(18-22)16-19(2)26(28)29/h8-11,16-18H,4-7,12-15H2,1-3H3,(H,28,29). The van der Waals surface area contributed by atoms with Crippen LogP contribution in [0.25, 0.3) is 17.2 Å². The fourth-order valence-electron chi connectivity index (χ4n) is 3.88. The van der Waals surface area contributed by atoms with Gasteiger partial charge in [-0.1, -0.05) is 25.5 Å². The molecule has 0 aromatic heterocycles. The lowest BCUT2D eigenvalue weighted by Gasteiger charge is -2.30. The lowest BCUT2D eigenvalue weighted by Crippen LogP contribution is -2.25. The number of benzene rings is 2. The van der Waals surface area contributed by atoms with Gasteiger partial charge in [-0.05, 0) is 78.8 Å². The Morgan fingerprint density at radius 3 is 2.61 bits per heavy atom. The van der Waals surface area contributed by atoms with Crippen molar-refractivity contribution >= 4 is 17.7 Å². The van der Waals surface area contributed by atoms with Gasteiger partial charge in [-0.3, -0.25) is 0 Å². The van der Waals surface area contributed by atoms with Gasteiger partial charge in [-0.2, -0.15) is 0 Å². The van der Waals surface area contributed by atoms with E-state index >= 15 is 0 Å². The number of carboxylic acid groups (broad SMARTS) is 1. The van der Waals surface area contributed by atoms with Crippen molar-refractivity contribution in [3.8, 4) is 16.9 Å². The molecule has 0 atom stereocenters. The smallest absolute Gasteiger partial charge is 0.331 e. The summed E-state index contributed by atoms with van der Waals surface area (Å²) < 4.78 is 11.3. The number of hydrogen-bond donors (Lipinski definition) is 1. The van der Waals surface area contributed by atoms with Crippen molar-refractivity contribution in [2.45, 2.75) is 39.5 Å². The van der Waals surface area contributed by atoms with E-state index in [1.807, 2.05) is 12.1 Å². The maximum absolute atomic E-state index is 11.4. The Morgan fingerprint density at radius 1 is 1.13 bits per heavy atom. The lowest BCUT2D eigenvalue weighted by atomic mass is 9.92. The summed E-state index contributed by atoms with van der Waals surface area (Å²) in [6.07, 6.45) is 6.09. The molecule has 0 amide bonds. The maximum atomic E-state index is 11.4. The van der Waals surface area contributed by atoms with E-state index in [0.717, 1.165) is 67.0 Å². The first-order chi connectivity index (χ1) is 15.0. The number of aryl methyl sites for hydroxylation is 1. The van der Waals surface area contributed by atoms with Gasteiger partial charge < -0.3 is 19.5 Å². The SMILES string of the molecule is CCCCOCCOc1ccc(-c2cc(C=C(C)C(=O)O)c3c(c2)CCCN3C)cc1. The predicted octanol–water partition coefficient (Wildman–Crippen LogP) is 5.42. The van der Waals surface area contributed by atoms with Crippen LogP contribution in [0, 0.1) is 0 Å². The van der Waals surface area contributed by atoms with Gasteiger partial charge in [-0.15, -0.1) is 0 Å². The van der Waals surface area contributed by atoms with Crippen LogP contribution in [0.1, 0.15) is 44.2 Å². The van der Waals surface area contributed by atoms with Gasteiger partial charge in [0.2, 0.25) is 0 Å². The van der Waals surface area contributed by atoms with Crippen molar-refractivity contribution in [3.05, 3.63) is 53.1 Å². The summed E-state index contributed by atoms with van der Waals surface area (Å²) in [5.74, 6) is -0.0693. The molecule has 5 nitrogen and oxygen atoms in total.